The van der Waals surface area contributed by atoms with E-state index in [0.717, 1.165) is 16.5 Å². The van der Waals surface area contributed by atoms with E-state index in [-0.39, 0.29) is 10.7 Å². The number of rotatable bonds is 6. The van der Waals surface area contributed by atoms with Crippen molar-refractivity contribution in [2.45, 2.75) is 6.92 Å². The Hall–Kier alpha value is -5.21. The lowest BCUT2D eigenvalue weighted by Crippen LogP contribution is -2.54. The Kier molecular flexibility index (Phi) is 6.83. The van der Waals surface area contributed by atoms with E-state index in [9.17, 15) is 9.59 Å². The maximum Gasteiger partial charge on any atom is 0.270 e. The van der Waals surface area contributed by atoms with E-state index in [0.29, 0.717) is 34.4 Å². The van der Waals surface area contributed by atoms with Crippen molar-refractivity contribution in [3.05, 3.63) is 120 Å². The number of nitrogens with one attached hydrogen (secondary N) is 1. The summed E-state index contributed by atoms with van der Waals surface area (Å²) in [5, 5.41) is 3.51. The topological polar surface area (TPSA) is 72.8 Å². The molecule has 0 unspecified atom stereocenters. The first-order chi connectivity index (χ1) is 19.9. The van der Waals surface area contributed by atoms with Gasteiger partial charge in [-0.15, -0.1) is 0 Å². The minimum Gasteiger partial charge on any atom is -0.457 e. The zero-order valence-electron chi connectivity index (χ0n) is 22.3. The second-order valence-electron chi connectivity index (χ2n) is 9.58. The first-order valence-electron chi connectivity index (χ1n) is 13.0. The van der Waals surface area contributed by atoms with Crippen LogP contribution in [0.4, 0.5) is 5.69 Å². The lowest BCUT2D eigenvalue weighted by atomic mass is 10.1. The monoisotopic (exact) mass is 559 g/mol. The molecule has 0 radical (unpaired) electrons. The van der Waals surface area contributed by atoms with Crippen molar-refractivity contribution in [1.82, 2.24) is 9.88 Å². The SMILES string of the molecule is Cc1cccc(Oc2c(/C=C3/C(=O)NC(=S)N(c4ccc(Oc5ccccc5)cc4)C3=O)c3ccccc3n2C)c1. The molecule has 0 saturated carbocycles. The van der Waals surface area contributed by atoms with Gasteiger partial charge in [0.15, 0.2) is 5.11 Å². The second-order valence-corrected chi connectivity index (χ2v) is 9.97. The minimum absolute atomic E-state index is 0.00281. The number of anilines is 1. The zero-order valence-corrected chi connectivity index (χ0v) is 23.1. The molecule has 4 aromatic carbocycles. The van der Waals surface area contributed by atoms with Gasteiger partial charge in [-0.25, -0.2) is 0 Å². The average Bonchev–Trinajstić information content (AvgIpc) is 3.22. The number of aromatic nitrogens is 1. The maximum absolute atomic E-state index is 13.8. The molecule has 2 heterocycles. The smallest absolute Gasteiger partial charge is 0.270 e. The molecule has 0 aliphatic carbocycles. The van der Waals surface area contributed by atoms with E-state index in [1.54, 1.807) is 30.3 Å². The van der Waals surface area contributed by atoms with Gasteiger partial charge in [-0.05, 0) is 85.4 Å². The number of carbonyl (C=O) groups excluding carboxylic acids is 2. The van der Waals surface area contributed by atoms with Gasteiger partial charge in [0.05, 0.1) is 11.2 Å². The molecule has 1 saturated heterocycles. The Morgan fingerprint density at radius 3 is 2.22 bits per heavy atom. The number of carbonyl (C=O) groups is 2. The van der Waals surface area contributed by atoms with Crippen molar-refractivity contribution in [3.63, 3.8) is 0 Å². The van der Waals surface area contributed by atoms with Gasteiger partial charge >= 0.3 is 0 Å². The summed E-state index contributed by atoms with van der Waals surface area (Å²) in [6.07, 6.45) is 1.58. The lowest BCUT2D eigenvalue weighted by Gasteiger charge is -2.29. The molecule has 1 aliphatic rings. The molecule has 6 rings (SSSR count). The van der Waals surface area contributed by atoms with Crippen LogP contribution in [0.5, 0.6) is 23.1 Å². The van der Waals surface area contributed by atoms with Crippen LogP contribution in [0.3, 0.4) is 0 Å². The largest absolute Gasteiger partial charge is 0.457 e. The molecular formula is C33H25N3O4S. The summed E-state index contributed by atoms with van der Waals surface area (Å²) >= 11 is 5.41. The fourth-order valence-corrected chi connectivity index (χ4v) is 5.06. The predicted octanol–water partition coefficient (Wildman–Crippen LogP) is 6.90. The second kappa shape index (κ2) is 10.7. The number of para-hydroxylation sites is 2. The van der Waals surface area contributed by atoms with Crippen molar-refractivity contribution in [1.29, 1.82) is 0 Å². The first-order valence-corrected chi connectivity index (χ1v) is 13.4. The number of hydrogen-bond donors (Lipinski definition) is 1. The van der Waals surface area contributed by atoms with Gasteiger partial charge in [0.25, 0.3) is 11.8 Å². The highest BCUT2D eigenvalue weighted by atomic mass is 32.1. The first kappa shape index (κ1) is 26.0. The molecule has 1 aromatic heterocycles. The van der Waals surface area contributed by atoms with E-state index in [1.165, 1.54) is 4.90 Å². The molecule has 0 atom stereocenters. The summed E-state index contributed by atoms with van der Waals surface area (Å²) in [6, 6.07) is 31.8. The van der Waals surface area contributed by atoms with Crippen LogP contribution in [0.25, 0.3) is 17.0 Å². The fourth-order valence-electron chi connectivity index (χ4n) is 4.78. The lowest BCUT2D eigenvalue weighted by molar-refractivity contribution is -0.122. The summed E-state index contributed by atoms with van der Waals surface area (Å²) in [5.41, 5.74) is 3.00. The summed E-state index contributed by atoms with van der Waals surface area (Å²) in [4.78, 5) is 28.3. The number of amides is 2. The van der Waals surface area contributed by atoms with Gasteiger partial charge in [-0.2, -0.15) is 0 Å². The van der Waals surface area contributed by atoms with Crippen LogP contribution < -0.4 is 19.7 Å². The van der Waals surface area contributed by atoms with Crippen LogP contribution in [0.1, 0.15) is 11.1 Å². The van der Waals surface area contributed by atoms with Crippen molar-refractivity contribution in [2.24, 2.45) is 7.05 Å². The predicted molar refractivity (Wildman–Crippen MR) is 163 cm³/mol. The number of hydrogen-bond acceptors (Lipinski definition) is 5. The van der Waals surface area contributed by atoms with Crippen molar-refractivity contribution in [3.8, 4) is 23.1 Å². The summed E-state index contributed by atoms with van der Waals surface area (Å²) < 4.78 is 14.1. The van der Waals surface area contributed by atoms with E-state index in [1.807, 2.05) is 97.4 Å². The number of thiocarbonyl (C=S) groups is 1. The Morgan fingerprint density at radius 1 is 0.780 bits per heavy atom. The quantitative estimate of drug-likeness (QED) is 0.139. The zero-order chi connectivity index (χ0) is 28.5. The van der Waals surface area contributed by atoms with Gasteiger partial charge in [0.1, 0.15) is 22.8 Å². The molecule has 0 spiro atoms. The maximum atomic E-state index is 13.8. The number of aryl methyl sites for hydroxylation is 2. The highest BCUT2D eigenvalue weighted by Gasteiger charge is 2.35. The van der Waals surface area contributed by atoms with Crippen molar-refractivity contribution in [2.75, 3.05) is 4.90 Å². The van der Waals surface area contributed by atoms with Gasteiger partial charge < -0.3 is 14.0 Å². The Balaban J connectivity index is 1.37. The third-order valence-electron chi connectivity index (χ3n) is 6.76. The molecule has 1 N–H and O–H groups in total. The van der Waals surface area contributed by atoms with Gasteiger partial charge in [0, 0.05) is 18.0 Å². The van der Waals surface area contributed by atoms with E-state index < -0.39 is 11.8 Å². The molecule has 2 amide bonds. The third-order valence-corrected chi connectivity index (χ3v) is 7.04. The van der Waals surface area contributed by atoms with Crippen LogP contribution in [-0.2, 0) is 16.6 Å². The Labute approximate surface area is 242 Å². The minimum atomic E-state index is -0.574. The van der Waals surface area contributed by atoms with Gasteiger partial charge in [-0.1, -0.05) is 48.5 Å². The van der Waals surface area contributed by atoms with Crippen LogP contribution in [-0.4, -0.2) is 21.5 Å². The van der Waals surface area contributed by atoms with Crippen LogP contribution >= 0.6 is 12.2 Å². The normalized spacial score (nSPS) is 14.4. The molecule has 0 bridgehead atoms. The highest BCUT2D eigenvalue weighted by molar-refractivity contribution is 7.80. The standard InChI is InChI=1S/C33H25N3O4S/c1-21-9-8-12-25(19-21)40-32-27(26-13-6-7-14-29(26)35(32)2)20-28-30(37)34-33(41)36(31(28)38)22-15-17-24(18-16-22)39-23-10-4-3-5-11-23/h3-20H,1-2H3,(H,34,37,41)/b28-20-. The molecule has 202 valence electrons. The Bertz CT molecular complexity index is 1840. The molecule has 41 heavy (non-hydrogen) atoms. The summed E-state index contributed by atoms with van der Waals surface area (Å²) in [5.74, 6) is 1.34. The van der Waals surface area contributed by atoms with Gasteiger partial charge in [0.2, 0.25) is 5.88 Å². The number of fused-ring (bicyclic) bond motifs is 1. The average molecular weight is 560 g/mol. The van der Waals surface area contributed by atoms with Crippen molar-refractivity contribution >= 4 is 51.8 Å². The molecule has 1 fully saturated rings. The number of ether oxygens (including phenoxy) is 2. The number of nitrogens with zero attached hydrogens (tertiary/aromatic N) is 2. The van der Waals surface area contributed by atoms with Crippen LogP contribution in [0.2, 0.25) is 0 Å². The van der Waals surface area contributed by atoms with E-state index >= 15 is 0 Å². The van der Waals surface area contributed by atoms with Crippen LogP contribution in [0.15, 0.2) is 109 Å². The highest BCUT2D eigenvalue weighted by Crippen LogP contribution is 2.37. The fraction of sp³-hybridized carbons (Fsp3) is 0.0606. The van der Waals surface area contributed by atoms with Crippen molar-refractivity contribution < 1.29 is 19.1 Å². The van der Waals surface area contributed by atoms with Crippen LogP contribution in [0, 0.1) is 6.92 Å². The molecular weight excluding hydrogens is 534 g/mol. The molecule has 8 heteroatoms. The summed E-state index contributed by atoms with van der Waals surface area (Å²) in [6.45, 7) is 1.99. The Morgan fingerprint density at radius 2 is 1.46 bits per heavy atom. The number of benzene rings is 4. The van der Waals surface area contributed by atoms with Gasteiger partial charge in [-0.3, -0.25) is 19.8 Å². The summed E-state index contributed by atoms with van der Waals surface area (Å²) in [7, 11) is 1.89. The molecule has 5 aromatic rings. The molecule has 1 aliphatic heterocycles. The van der Waals surface area contributed by atoms with E-state index in [4.69, 9.17) is 21.7 Å². The van der Waals surface area contributed by atoms with E-state index in [2.05, 4.69) is 5.32 Å². The third kappa shape index (κ3) is 5.08. The molecule has 7 nitrogen and oxygen atoms in total.